The summed E-state index contributed by atoms with van der Waals surface area (Å²) in [5.41, 5.74) is 2.15. The Hall–Kier alpha value is -3.06. The fraction of sp³-hybridized carbons (Fsp3) is 0.440. The maximum Gasteiger partial charge on any atom is 0.231 e. The second kappa shape index (κ2) is 9.20. The third-order valence-electron chi connectivity index (χ3n) is 6.41. The van der Waals surface area contributed by atoms with Crippen LogP contribution < -0.4 is 25.0 Å². The van der Waals surface area contributed by atoms with Crippen LogP contribution in [0.2, 0.25) is 0 Å². The Balaban J connectivity index is 1.13. The molecule has 0 unspecified atom stereocenters. The minimum Gasteiger partial charge on any atom is -0.454 e. The fourth-order valence-corrected chi connectivity index (χ4v) is 4.70. The molecule has 1 saturated carbocycles. The van der Waals surface area contributed by atoms with Crippen molar-refractivity contribution in [1.29, 1.82) is 0 Å². The van der Waals surface area contributed by atoms with Crippen LogP contribution in [0.4, 0.5) is 11.8 Å². The van der Waals surface area contributed by atoms with Gasteiger partial charge in [0.2, 0.25) is 12.7 Å². The van der Waals surface area contributed by atoms with E-state index in [1.165, 1.54) is 18.4 Å². The minimum atomic E-state index is 0.320. The van der Waals surface area contributed by atoms with E-state index in [2.05, 4.69) is 33.7 Å². The van der Waals surface area contributed by atoms with E-state index < -0.39 is 0 Å². The van der Waals surface area contributed by atoms with E-state index in [0.717, 1.165) is 60.1 Å². The number of rotatable bonds is 7. The summed E-state index contributed by atoms with van der Waals surface area (Å²) in [6.45, 7) is 2.15. The second-order valence-corrected chi connectivity index (χ2v) is 8.93. The van der Waals surface area contributed by atoms with Crippen molar-refractivity contribution in [3.8, 4) is 11.5 Å². The normalized spacial score (nSPS) is 19.8. The molecule has 2 aliphatic rings. The van der Waals surface area contributed by atoms with E-state index in [0.29, 0.717) is 18.8 Å². The van der Waals surface area contributed by atoms with Crippen molar-refractivity contribution in [2.45, 2.75) is 38.3 Å². The van der Waals surface area contributed by atoms with Crippen molar-refractivity contribution in [1.82, 2.24) is 15.3 Å². The molecule has 168 valence electrons. The molecule has 0 atom stereocenters. The summed E-state index contributed by atoms with van der Waals surface area (Å²) < 4.78 is 11.1. The molecule has 3 aromatic rings. The molecular weight excluding hydrogens is 402 g/mol. The molecular formula is C25H31N5O2. The van der Waals surface area contributed by atoms with Crippen molar-refractivity contribution in [3.05, 3.63) is 48.0 Å². The van der Waals surface area contributed by atoms with Crippen molar-refractivity contribution in [3.63, 3.8) is 0 Å². The highest BCUT2D eigenvalue weighted by Crippen LogP contribution is 2.35. The molecule has 1 aromatic heterocycles. The van der Waals surface area contributed by atoms with Crippen LogP contribution in [0.3, 0.4) is 0 Å². The predicted molar refractivity (Wildman–Crippen MR) is 128 cm³/mol. The Morgan fingerprint density at radius 1 is 0.969 bits per heavy atom. The number of para-hydroxylation sites is 2. The topological polar surface area (TPSA) is 71.5 Å². The van der Waals surface area contributed by atoms with E-state index in [9.17, 15) is 0 Å². The first kappa shape index (κ1) is 20.8. The van der Waals surface area contributed by atoms with Crippen molar-refractivity contribution in [2.24, 2.45) is 5.92 Å². The van der Waals surface area contributed by atoms with Crippen molar-refractivity contribution < 1.29 is 9.47 Å². The number of benzene rings is 2. The van der Waals surface area contributed by atoms with E-state index in [4.69, 9.17) is 19.4 Å². The lowest BCUT2D eigenvalue weighted by atomic mass is 9.86. The summed E-state index contributed by atoms with van der Waals surface area (Å²) in [6, 6.07) is 14.7. The Morgan fingerprint density at radius 2 is 1.81 bits per heavy atom. The average Bonchev–Trinajstić information content (AvgIpc) is 3.29. The number of aromatic nitrogens is 2. The summed E-state index contributed by atoms with van der Waals surface area (Å²) in [7, 11) is 4.05. The van der Waals surface area contributed by atoms with Gasteiger partial charge in [-0.05, 0) is 56.3 Å². The van der Waals surface area contributed by atoms with Gasteiger partial charge >= 0.3 is 0 Å². The van der Waals surface area contributed by atoms with E-state index in [1.54, 1.807) is 0 Å². The van der Waals surface area contributed by atoms with Crippen LogP contribution in [0.15, 0.2) is 42.5 Å². The number of ether oxygens (including phenoxy) is 2. The number of hydrogen-bond acceptors (Lipinski definition) is 7. The molecule has 7 nitrogen and oxygen atoms in total. The number of nitrogens with zero attached hydrogens (tertiary/aromatic N) is 3. The molecule has 1 fully saturated rings. The molecule has 1 aliphatic heterocycles. The molecule has 5 rings (SSSR count). The number of fused-ring (bicyclic) bond motifs is 2. The van der Waals surface area contributed by atoms with E-state index in [-0.39, 0.29) is 0 Å². The molecule has 2 heterocycles. The monoisotopic (exact) mass is 433 g/mol. The number of nitrogens with one attached hydrogen (secondary N) is 2. The van der Waals surface area contributed by atoms with Gasteiger partial charge in [0, 0.05) is 37.6 Å². The van der Waals surface area contributed by atoms with Gasteiger partial charge in [0.1, 0.15) is 5.82 Å². The molecule has 0 bridgehead atoms. The minimum absolute atomic E-state index is 0.320. The van der Waals surface area contributed by atoms with Gasteiger partial charge in [-0.2, -0.15) is 4.98 Å². The molecule has 1 aliphatic carbocycles. The van der Waals surface area contributed by atoms with Crippen LogP contribution in [-0.4, -0.2) is 43.4 Å². The average molecular weight is 434 g/mol. The van der Waals surface area contributed by atoms with Gasteiger partial charge in [-0.25, -0.2) is 4.98 Å². The maximum atomic E-state index is 5.61. The van der Waals surface area contributed by atoms with Crippen LogP contribution in [0, 0.1) is 5.92 Å². The molecule has 2 N–H and O–H groups in total. The molecule has 0 saturated heterocycles. The van der Waals surface area contributed by atoms with E-state index >= 15 is 0 Å². The fourth-order valence-electron chi connectivity index (χ4n) is 4.70. The standard InChI is InChI=1S/C25H31N5O2/c1-30(2)24-20-7-3-4-8-21(20)28-25(29-24)27-19-12-10-17(11-13-19)14-26-15-18-6-5-9-22-23(18)32-16-31-22/h3-9,17,19,26H,10-16H2,1-2H3,(H,27,28,29). The highest BCUT2D eigenvalue weighted by molar-refractivity contribution is 5.90. The van der Waals surface area contributed by atoms with Gasteiger partial charge in [0.15, 0.2) is 11.5 Å². The van der Waals surface area contributed by atoms with Gasteiger partial charge in [-0.1, -0.05) is 24.3 Å². The van der Waals surface area contributed by atoms with Crippen molar-refractivity contribution >= 4 is 22.7 Å². The number of anilines is 2. The van der Waals surface area contributed by atoms with Gasteiger partial charge in [0.25, 0.3) is 0 Å². The lowest BCUT2D eigenvalue weighted by Crippen LogP contribution is -2.31. The third kappa shape index (κ3) is 4.43. The highest BCUT2D eigenvalue weighted by Gasteiger charge is 2.23. The highest BCUT2D eigenvalue weighted by atomic mass is 16.7. The lowest BCUT2D eigenvalue weighted by Gasteiger charge is -2.29. The molecule has 0 spiro atoms. The summed E-state index contributed by atoms with van der Waals surface area (Å²) in [5, 5.41) is 8.30. The first-order valence-corrected chi connectivity index (χ1v) is 11.5. The summed E-state index contributed by atoms with van der Waals surface area (Å²) >= 11 is 0. The Morgan fingerprint density at radius 3 is 2.66 bits per heavy atom. The number of hydrogen-bond donors (Lipinski definition) is 2. The van der Waals surface area contributed by atoms with Crippen LogP contribution >= 0.6 is 0 Å². The molecule has 0 amide bonds. The Kier molecular flexibility index (Phi) is 5.99. The van der Waals surface area contributed by atoms with Gasteiger partial charge in [0.05, 0.1) is 5.52 Å². The van der Waals surface area contributed by atoms with Gasteiger partial charge in [-0.3, -0.25) is 0 Å². The summed E-state index contributed by atoms with van der Waals surface area (Å²) in [6.07, 6.45) is 4.67. The zero-order valence-corrected chi connectivity index (χ0v) is 18.8. The third-order valence-corrected chi connectivity index (χ3v) is 6.41. The van der Waals surface area contributed by atoms with Crippen molar-refractivity contribution in [2.75, 3.05) is 37.6 Å². The van der Waals surface area contributed by atoms with Gasteiger partial charge in [-0.15, -0.1) is 0 Å². The first-order chi connectivity index (χ1) is 15.7. The van der Waals surface area contributed by atoms with Crippen LogP contribution in [0.5, 0.6) is 11.5 Å². The molecule has 32 heavy (non-hydrogen) atoms. The smallest absolute Gasteiger partial charge is 0.231 e. The maximum absolute atomic E-state index is 5.61. The quantitative estimate of drug-likeness (QED) is 0.579. The van der Waals surface area contributed by atoms with Crippen LogP contribution in [-0.2, 0) is 6.54 Å². The Labute approximate surface area is 189 Å². The van der Waals surface area contributed by atoms with E-state index in [1.807, 2.05) is 38.4 Å². The van der Waals surface area contributed by atoms with Crippen LogP contribution in [0.25, 0.3) is 10.9 Å². The largest absolute Gasteiger partial charge is 0.454 e. The molecule has 7 heteroatoms. The Bertz CT molecular complexity index is 1080. The predicted octanol–water partition coefficient (Wildman–Crippen LogP) is 4.19. The molecule has 0 radical (unpaired) electrons. The summed E-state index contributed by atoms with van der Waals surface area (Å²) in [4.78, 5) is 11.6. The first-order valence-electron chi connectivity index (χ1n) is 11.5. The molecule has 2 aromatic carbocycles. The zero-order chi connectivity index (χ0) is 21.9. The lowest BCUT2D eigenvalue weighted by molar-refractivity contribution is 0.173. The SMILES string of the molecule is CN(C)c1nc(NC2CCC(CNCc3cccc4c3OCO4)CC2)nc2ccccc12. The second-order valence-electron chi connectivity index (χ2n) is 8.93. The van der Waals surface area contributed by atoms with Crippen LogP contribution in [0.1, 0.15) is 31.2 Å². The van der Waals surface area contributed by atoms with Gasteiger partial charge < -0.3 is 25.0 Å². The zero-order valence-electron chi connectivity index (χ0n) is 18.8. The summed E-state index contributed by atoms with van der Waals surface area (Å²) in [5.74, 6) is 4.12.